The van der Waals surface area contributed by atoms with Gasteiger partial charge in [-0.05, 0) is 47.4 Å². The Labute approximate surface area is 219 Å². The van der Waals surface area contributed by atoms with Gasteiger partial charge in [-0.15, -0.1) is 6.42 Å². The Balaban J connectivity index is 1.51. The molecule has 6 nitrogen and oxygen atoms in total. The summed E-state index contributed by atoms with van der Waals surface area (Å²) < 4.78 is 5.66. The number of methoxy groups -OCH3 is 1. The van der Waals surface area contributed by atoms with Crippen LogP contribution in [0.25, 0.3) is 11.1 Å². The number of nitrogens with zero attached hydrogens (tertiary/aromatic N) is 1. The predicted octanol–water partition coefficient (Wildman–Crippen LogP) is 3.95. The van der Waals surface area contributed by atoms with Crippen molar-refractivity contribution in [3.05, 3.63) is 89.5 Å². The molecule has 1 aliphatic heterocycles. The number of hydrogen-bond donors (Lipinski definition) is 2. The molecule has 6 heteroatoms. The predicted molar refractivity (Wildman–Crippen MR) is 146 cm³/mol. The Bertz CT molecular complexity index is 1270. The molecule has 1 saturated heterocycles. The molecule has 0 aliphatic carbocycles. The van der Waals surface area contributed by atoms with E-state index in [0.29, 0.717) is 19.6 Å². The van der Waals surface area contributed by atoms with Crippen LogP contribution < -0.4 is 15.4 Å². The molecular weight excluding hydrogens is 462 g/mol. The highest BCUT2D eigenvalue weighted by molar-refractivity contribution is 5.83. The van der Waals surface area contributed by atoms with E-state index in [1.165, 1.54) is 12.5 Å². The monoisotopic (exact) mass is 495 g/mol. The standard InChI is InChI=1S/C31H33N3O3/c1-4-23-10-12-24(13-11-23)26-14-15-30(37-3)27(18-26)19-33-29-16-17-34(31(36)20-32-22(2)35)21-28(29)25-8-6-5-7-9-25/h1,5-15,18,28-29,33H,16-17,19-21H2,2-3H3,(H,32,35)/t28-,29-/m0/s1. The van der Waals surface area contributed by atoms with Gasteiger partial charge < -0.3 is 20.3 Å². The van der Waals surface area contributed by atoms with Gasteiger partial charge in [-0.25, -0.2) is 0 Å². The van der Waals surface area contributed by atoms with Gasteiger partial charge in [0.05, 0.1) is 13.7 Å². The second-order valence-electron chi connectivity index (χ2n) is 9.29. The molecule has 2 amide bonds. The SMILES string of the molecule is C#Cc1ccc(-c2ccc(OC)c(CN[C@H]3CCN(C(=O)CNC(C)=O)C[C@H]3c3ccccc3)c2)cc1. The second kappa shape index (κ2) is 12.2. The van der Waals surface area contributed by atoms with Crippen LogP contribution in [0, 0.1) is 12.3 Å². The number of carbonyl (C=O) groups is 2. The quantitative estimate of drug-likeness (QED) is 0.464. The van der Waals surface area contributed by atoms with Crippen LogP contribution in [0.3, 0.4) is 0 Å². The fourth-order valence-electron chi connectivity index (χ4n) is 4.87. The molecule has 0 bridgehead atoms. The zero-order valence-corrected chi connectivity index (χ0v) is 21.4. The Kier molecular flexibility index (Phi) is 8.60. The molecule has 3 aromatic carbocycles. The molecule has 0 spiro atoms. The van der Waals surface area contributed by atoms with E-state index in [9.17, 15) is 9.59 Å². The summed E-state index contributed by atoms with van der Waals surface area (Å²) in [6.45, 7) is 3.32. The van der Waals surface area contributed by atoms with Crippen molar-refractivity contribution in [1.82, 2.24) is 15.5 Å². The summed E-state index contributed by atoms with van der Waals surface area (Å²) in [4.78, 5) is 25.9. The lowest BCUT2D eigenvalue weighted by Crippen LogP contribution is -2.51. The molecule has 1 aliphatic rings. The van der Waals surface area contributed by atoms with E-state index >= 15 is 0 Å². The third-order valence-electron chi connectivity index (χ3n) is 6.90. The average Bonchev–Trinajstić information content (AvgIpc) is 2.95. The normalized spacial score (nSPS) is 17.1. The van der Waals surface area contributed by atoms with Crippen LogP contribution in [0.15, 0.2) is 72.8 Å². The Hall–Kier alpha value is -4.08. The van der Waals surface area contributed by atoms with E-state index in [1.54, 1.807) is 7.11 Å². The molecule has 1 fully saturated rings. The number of benzene rings is 3. The highest BCUT2D eigenvalue weighted by atomic mass is 16.5. The molecule has 0 saturated carbocycles. The van der Waals surface area contributed by atoms with Crippen molar-refractivity contribution in [2.75, 3.05) is 26.7 Å². The van der Waals surface area contributed by atoms with E-state index in [0.717, 1.165) is 34.4 Å². The van der Waals surface area contributed by atoms with Gasteiger partial charge in [-0.1, -0.05) is 54.5 Å². The van der Waals surface area contributed by atoms with Gasteiger partial charge >= 0.3 is 0 Å². The number of nitrogens with one attached hydrogen (secondary N) is 2. The molecular formula is C31H33N3O3. The maximum absolute atomic E-state index is 12.7. The minimum absolute atomic E-state index is 0.0290. The Morgan fingerprint density at radius 2 is 1.78 bits per heavy atom. The highest BCUT2D eigenvalue weighted by Crippen LogP contribution is 2.30. The lowest BCUT2D eigenvalue weighted by Gasteiger charge is -2.39. The van der Waals surface area contributed by atoms with Gasteiger partial charge in [0.25, 0.3) is 0 Å². The zero-order valence-electron chi connectivity index (χ0n) is 21.4. The van der Waals surface area contributed by atoms with Crippen molar-refractivity contribution in [3.8, 4) is 29.2 Å². The topological polar surface area (TPSA) is 70.7 Å². The van der Waals surface area contributed by atoms with E-state index in [4.69, 9.17) is 11.2 Å². The van der Waals surface area contributed by atoms with Crippen molar-refractivity contribution >= 4 is 11.8 Å². The smallest absolute Gasteiger partial charge is 0.241 e. The first-order valence-corrected chi connectivity index (χ1v) is 12.5. The number of terminal acetylenes is 1. The lowest BCUT2D eigenvalue weighted by atomic mass is 9.85. The number of rotatable bonds is 8. The maximum Gasteiger partial charge on any atom is 0.241 e. The number of piperidine rings is 1. The highest BCUT2D eigenvalue weighted by Gasteiger charge is 2.32. The molecule has 1 heterocycles. The molecule has 0 radical (unpaired) electrons. The van der Waals surface area contributed by atoms with Crippen LogP contribution >= 0.6 is 0 Å². The fraction of sp³-hybridized carbons (Fsp3) is 0.290. The minimum Gasteiger partial charge on any atom is -0.496 e. The average molecular weight is 496 g/mol. The van der Waals surface area contributed by atoms with Crippen molar-refractivity contribution < 1.29 is 14.3 Å². The number of amides is 2. The summed E-state index contributed by atoms with van der Waals surface area (Å²) in [6.07, 6.45) is 6.31. The summed E-state index contributed by atoms with van der Waals surface area (Å²) in [5.41, 5.74) is 5.30. The first kappa shape index (κ1) is 26.0. The third-order valence-corrected chi connectivity index (χ3v) is 6.90. The van der Waals surface area contributed by atoms with Crippen LogP contribution in [-0.4, -0.2) is 49.5 Å². The van der Waals surface area contributed by atoms with Gasteiger partial charge in [0, 0.05) is 49.6 Å². The molecule has 0 aromatic heterocycles. The Morgan fingerprint density at radius 3 is 2.46 bits per heavy atom. The van der Waals surface area contributed by atoms with E-state index < -0.39 is 0 Å². The van der Waals surface area contributed by atoms with E-state index in [2.05, 4.69) is 40.8 Å². The first-order valence-electron chi connectivity index (χ1n) is 12.5. The van der Waals surface area contributed by atoms with Gasteiger partial charge in [-0.2, -0.15) is 0 Å². The van der Waals surface area contributed by atoms with Crippen LogP contribution in [-0.2, 0) is 16.1 Å². The van der Waals surface area contributed by atoms with Gasteiger partial charge in [0.1, 0.15) is 5.75 Å². The van der Waals surface area contributed by atoms with Crippen LogP contribution in [0.2, 0.25) is 0 Å². The molecule has 2 atom stereocenters. The molecule has 4 rings (SSSR count). The summed E-state index contributed by atoms with van der Waals surface area (Å²) >= 11 is 0. The molecule has 37 heavy (non-hydrogen) atoms. The van der Waals surface area contributed by atoms with Gasteiger partial charge in [0.15, 0.2) is 0 Å². The molecule has 190 valence electrons. The molecule has 0 unspecified atom stereocenters. The van der Waals surface area contributed by atoms with Crippen LogP contribution in [0.5, 0.6) is 5.75 Å². The van der Waals surface area contributed by atoms with E-state index in [1.807, 2.05) is 53.4 Å². The van der Waals surface area contributed by atoms with Crippen molar-refractivity contribution in [2.45, 2.75) is 31.8 Å². The summed E-state index contributed by atoms with van der Waals surface area (Å²) in [5, 5.41) is 6.38. The van der Waals surface area contributed by atoms with Crippen LogP contribution in [0.4, 0.5) is 0 Å². The number of hydrogen-bond acceptors (Lipinski definition) is 4. The second-order valence-corrected chi connectivity index (χ2v) is 9.29. The first-order chi connectivity index (χ1) is 18.0. The zero-order chi connectivity index (χ0) is 26.2. The van der Waals surface area contributed by atoms with E-state index in [-0.39, 0.29) is 30.3 Å². The lowest BCUT2D eigenvalue weighted by molar-refractivity contribution is -0.133. The maximum atomic E-state index is 12.7. The summed E-state index contributed by atoms with van der Waals surface area (Å²) in [7, 11) is 1.69. The van der Waals surface area contributed by atoms with Crippen molar-refractivity contribution in [2.24, 2.45) is 0 Å². The van der Waals surface area contributed by atoms with Gasteiger partial charge in [0.2, 0.25) is 11.8 Å². The van der Waals surface area contributed by atoms with Crippen molar-refractivity contribution in [3.63, 3.8) is 0 Å². The third kappa shape index (κ3) is 6.58. The number of likely N-dealkylation sites (tertiary alicyclic amines) is 1. The van der Waals surface area contributed by atoms with Crippen LogP contribution in [0.1, 0.15) is 36.0 Å². The van der Waals surface area contributed by atoms with Gasteiger partial charge in [-0.3, -0.25) is 9.59 Å². The molecule has 2 N–H and O–H groups in total. The minimum atomic E-state index is -0.201. The fourth-order valence-corrected chi connectivity index (χ4v) is 4.87. The Morgan fingerprint density at radius 1 is 1.05 bits per heavy atom. The summed E-state index contributed by atoms with van der Waals surface area (Å²) in [5.74, 6) is 3.36. The largest absolute Gasteiger partial charge is 0.496 e. The number of ether oxygens (including phenoxy) is 1. The van der Waals surface area contributed by atoms with Crippen molar-refractivity contribution in [1.29, 1.82) is 0 Å². The summed E-state index contributed by atoms with van der Waals surface area (Å²) in [6, 6.07) is 24.6. The molecule has 3 aromatic rings. The number of carbonyl (C=O) groups excluding carboxylic acids is 2.